The second kappa shape index (κ2) is 7.62. The van der Waals surface area contributed by atoms with Gasteiger partial charge < -0.3 is 15.4 Å². The smallest absolute Gasteiger partial charge is 0.417 e. The summed E-state index contributed by atoms with van der Waals surface area (Å²) in [6.45, 7) is 1.27. The fourth-order valence-electron chi connectivity index (χ4n) is 3.34. The molecule has 0 aliphatic carbocycles. The molecule has 4 rings (SSSR count). The van der Waals surface area contributed by atoms with Crippen molar-refractivity contribution in [2.75, 3.05) is 23.7 Å². The molecule has 1 aliphatic heterocycles. The number of rotatable bonds is 4. The van der Waals surface area contributed by atoms with Crippen LogP contribution in [0, 0.1) is 0 Å². The normalized spacial score (nSPS) is 16.8. The Hall–Kier alpha value is -3.29. The van der Waals surface area contributed by atoms with Crippen LogP contribution in [0.1, 0.15) is 12.0 Å². The van der Waals surface area contributed by atoms with Crippen molar-refractivity contribution in [3.05, 3.63) is 66.4 Å². The molecule has 0 saturated carbocycles. The molecule has 1 unspecified atom stereocenters. The van der Waals surface area contributed by atoms with Crippen LogP contribution in [-0.4, -0.2) is 29.2 Å². The maximum atomic E-state index is 12.6. The fourth-order valence-corrected chi connectivity index (χ4v) is 3.34. The number of nitrogens with two attached hydrogens (primary N) is 1. The van der Waals surface area contributed by atoms with Crippen molar-refractivity contribution >= 4 is 11.5 Å². The zero-order chi connectivity index (χ0) is 20.4. The van der Waals surface area contributed by atoms with E-state index < -0.39 is 11.7 Å². The lowest BCUT2D eigenvalue weighted by atomic mass is 10.1. The summed E-state index contributed by atoms with van der Waals surface area (Å²) in [5.41, 5.74) is 7.99. The van der Waals surface area contributed by atoms with Gasteiger partial charge in [-0.1, -0.05) is 30.3 Å². The Bertz CT molecular complexity index is 977. The van der Waals surface area contributed by atoms with Crippen LogP contribution in [0.25, 0.3) is 11.3 Å². The van der Waals surface area contributed by atoms with Crippen LogP contribution in [-0.2, 0) is 6.18 Å². The van der Waals surface area contributed by atoms with E-state index >= 15 is 0 Å². The Morgan fingerprint density at radius 2 is 1.83 bits per heavy atom. The summed E-state index contributed by atoms with van der Waals surface area (Å²) in [5, 5.41) is 0. The zero-order valence-corrected chi connectivity index (χ0v) is 15.4. The maximum Gasteiger partial charge on any atom is 0.417 e. The number of hydrogen-bond donors (Lipinski definition) is 1. The second-order valence-electron chi connectivity index (χ2n) is 6.82. The minimum atomic E-state index is -4.41. The second-order valence-corrected chi connectivity index (χ2v) is 6.82. The Morgan fingerprint density at radius 3 is 2.48 bits per heavy atom. The quantitative estimate of drug-likeness (QED) is 0.703. The van der Waals surface area contributed by atoms with Gasteiger partial charge in [-0.3, -0.25) is 0 Å². The molecule has 1 aliphatic rings. The van der Waals surface area contributed by atoms with Gasteiger partial charge in [0.2, 0.25) is 5.88 Å². The third-order valence-corrected chi connectivity index (χ3v) is 4.81. The molecule has 2 N–H and O–H groups in total. The molecule has 3 heterocycles. The van der Waals surface area contributed by atoms with Crippen LogP contribution in [0.4, 0.5) is 24.7 Å². The number of pyridine rings is 2. The highest BCUT2D eigenvalue weighted by Crippen LogP contribution is 2.31. The predicted octanol–water partition coefficient (Wildman–Crippen LogP) is 4.40. The molecule has 1 atom stereocenters. The van der Waals surface area contributed by atoms with Crippen molar-refractivity contribution in [3.8, 4) is 17.1 Å². The van der Waals surface area contributed by atoms with Gasteiger partial charge in [0.15, 0.2) is 0 Å². The van der Waals surface area contributed by atoms with E-state index in [1.807, 2.05) is 42.5 Å². The first-order valence-electron chi connectivity index (χ1n) is 9.17. The van der Waals surface area contributed by atoms with Crippen molar-refractivity contribution < 1.29 is 17.9 Å². The largest absolute Gasteiger partial charge is 0.472 e. The first-order chi connectivity index (χ1) is 13.9. The number of benzene rings is 1. The first-order valence-corrected chi connectivity index (χ1v) is 9.17. The lowest BCUT2D eigenvalue weighted by Gasteiger charge is -2.20. The van der Waals surface area contributed by atoms with E-state index in [2.05, 4.69) is 14.9 Å². The number of alkyl halides is 3. The van der Waals surface area contributed by atoms with Gasteiger partial charge in [0, 0.05) is 30.8 Å². The number of nitrogens with zero attached hydrogens (tertiary/aromatic N) is 3. The van der Waals surface area contributed by atoms with Gasteiger partial charge >= 0.3 is 6.18 Å². The molecule has 150 valence electrons. The molecule has 5 nitrogen and oxygen atoms in total. The standard InChI is InChI=1S/C21H19F3N4O/c22-21(23,24)15-6-9-19(26-12-15)29-16-10-11-28(13-16)18-8-7-17(27-20(18)25)14-4-2-1-3-5-14/h1-9,12,16H,10-11,13H2,(H2,25,27). The third kappa shape index (κ3) is 4.26. The van der Waals surface area contributed by atoms with E-state index in [4.69, 9.17) is 10.5 Å². The maximum absolute atomic E-state index is 12.6. The minimum Gasteiger partial charge on any atom is -0.472 e. The van der Waals surface area contributed by atoms with Gasteiger partial charge in [0.05, 0.1) is 23.5 Å². The molecule has 0 radical (unpaired) electrons. The number of hydrogen-bond acceptors (Lipinski definition) is 5. The summed E-state index contributed by atoms with van der Waals surface area (Å²) in [5.74, 6) is 0.607. The summed E-state index contributed by atoms with van der Waals surface area (Å²) >= 11 is 0. The number of anilines is 2. The van der Waals surface area contributed by atoms with Crippen LogP contribution < -0.4 is 15.4 Å². The molecule has 2 aromatic heterocycles. The highest BCUT2D eigenvalue weighted by molar-refractivity contribution is 5.70. The molecule has 1 fully saturated rings. The van der Waals surface area contributed by atoms with E-state index in [1.54, 1.807) is 0 Å². The fraction of sp³-hybridized carbons (Fsp3) is 0.238. The Kier molecular flexibility index (Phi) is 5.00. The van der Waals surface area contributed by atoms with Gasteiger partial charge in [-0.25, -0.2) is 9.97 Å². The van der Waals surface area contributed by atoms with Crippen LogP contribution in [0.15, 0.2) is 60.8 Å². The van der Waals surface area contributed by atoms with Crippen LogP contribution in [0.2, 0.25) is 0 Å². The van der Waals surface area contributed by atoms with Gasteiger partial charge in [-0.2, -0.15) is 13.2 Å². The molecule has 0 bridgehead atoms. The topological polar surface area (TPSA) is 64.3 Å². The summed E-state index contributed by atoms with van der Waals surface area (Å²) in [6.07, 6.45) is -3.10. The van der Waals surface area contributed by atoms with Crippen molar-refractivity contribution in [2.24, 2.45) is 0 Å². The molecule has 0 amide bonds. The Balaban J connectivity index is 1.42. The van der Waals surface area contributed by atoms with Crippen molar-refractivity contribution in [2.45, 2.75) is 18.7 Å². The average molecular weight is 400 g/mol. The van der Waals surface area contributed by atoms with E-state index in [9.17, 15) is 13.2 Å². The molecular weight excluding hydrogens is 381 g/mol. The monoisotopic (exact) mass is 400 g/mol. The van der Waals surface area contributed by atoms with Crippen molar-refractivity contribution in [1.82, 2.24) is 9.97 Å². The lowest BCUT2D eigenvalue weighted by Crippen LogP contribution is -2.25. The number of nitrogen functional groups attached to an aromatic ring is 1. The minimum absolute atomic E-state index is 0.176. The molecule has 29 heavy (non-hydrogen) atoms. The number of ether oxygens (including phenoxy) is 1. The van der Waals surface area contributed by atoms with Gasteiger partial charge in [-0.15, -0.1) is 0 Å². The molecule has 8 heteroatoms. The first kappa shape index (κ1) is 19.0. The highest BCUT2D eigenvalue weighted by atomic mass is 19.4. The van der Waals surface area contributed by atoms with Crippen LogP contribution in [0.3, 0.4) is 0 Å². The zero-order valence-electron chi connectivity index (χ0n) is 15.4. The van der Waals surface area contributed by atoms with E-state index in [-0.39, 0.29) is 12.0 Å². The number of aromatic nitrogens is 2. The van der Waals surface area contributed by atoms with E-state index in [1.165, 1.54) is 6.07 Å². The Morgan fingerprint density at radius 1 is 1.03 bits per heavy atom. The lowest BCUT2D eigenvalue weighted by molar-refractivity contribution is -0.137. The average Bonchev–Trinajstić information content (AvgIpc) is 3.16. The Labute approximate surface area is 166 Å². The molecule has 1 aromatic carbocycles. The SMILES string of the molecule is Nc1nc(-c2ccccc2)ccc1N1CCC(Oc2ccc(C(F)(F)F)cn2)C1. The van der Waals surface area contributed by atoms with E-state index in [0.29, 0.717) is 25.3 Å². The van der Waals surface area contributed by atoms with E-state index in [0.717, 1.165) is 29.2 Å². The van der Waals surface area contributed by atoms with Crippen LogP contribution >= 0.6 is 0 Å². The van der Waals surface area contributed by atoms with Crippen molar-refractivity contribution in [1.29, 1.82) is 0 Å². The van der Waals surface area contributed by atoms with Crippen LogP contribution in [0.5, 0.6) is 5.88 Å². The van der Waals surface area contributed by atoms with Gasteiger partial charge in [0.1, 0.15) is 11.9 Å². The summed E-state index contributed by atoms with van der Waals surface area (Å²) < 4.78 is 43.6. The number of halogens is 3. The third-order valence-electron chi connectivity index (χ3n) is 4.81. The molecule has 1 saturated heterocycles. The van der Waals surface area contributed by atoms with Gasteiger partial charge in [-0.05, 0) is 18.2 Å². The van der Waals surface area contributed by atoms with Crippen molar-refractivity contribution in [3.63, 3.8) is 0 Å². The summed E-state index contributed by atoms with van der Waals surface area (Å²) in [6, 6.07) is 15.8. The highest BCUT2D eigenvalue weighted by Gasteiger charge is 2.31. The molecule has 3 aromatic rings. The van der Waals surface area contributed by atoms with Gasteiger partial charge in [0.25, 0.3) is 0 Å². The predicted molar refractivity (Wildman–Crippen MR) is 105 cm³/mol. The summed E-state index contributed by atoms with van der Waals surface area (Å²) in [4.78, 5) is 10.3. The molecular formula is C21H19F3N4O. The summed E-state index contributed by atoms with van der Waals surface area (Å²) in [7, 11) is 0. The molecule has 0 spiro atoms.